The largest absolute Gasteiger partial charge is 0.496 e. The van der Waals surface area contributed by atoms with Gasteiger partial charge in [0.25, 0.3) is 0 Å². The molecule has 3 N–H and O–H groups in total. The molecule has 57 heavy (non-hydrogen) atoms. The molecule has 3 aliphatic heterocycles. The molecule has 2 bridgehead atoms. The van der Waals surface area contributed by atoms with Gasteiger partial charge in [-0.15, -0.1) is 0 Å². The zero-order valence-electron chi connectivity index (χ0n) is 33.5. The van der Waals surface area contributed by atoms with E-state index in [0.29, 0.717) is 58.5 Å². The van der Waals surface area contributed by atoms with E-state index in [9.17, 15) is 13.8 Å². The fourth-order valence-corrected chi connectivity index (χ4v) is 8.44. The topological polar surface area (TPSA) is 131 Å². The summed E-state index contributed by atoms with van der Waals surface area (Å²) in [5.74, 6) is 2.35. The molecule has 5 aromatic rings. The predicted octanol–water partition coefficient (Wildman–Crippen LogP) is 9.34. The number of nitrogens with one attached hydrogen (secondary N) is 3. The first kappa shape index (κ1) is 39.8. The molecule has 1 atom stereocenters. The average Bonchev–Trinajstić information content (AvgIpc) is 3.18. The van der Waals surface area contributed by atoms with Crippen molar-refractivity contribution in [2.24, 2.45) is 5.41 Å². The number of aromatic nitrogens is 1. The maximum Gasteiger partial charge on any atom is 0.323 e. The van der Waals surface area contributed by atoms with Crippen LogP contribution in [0.3, 0.4) is 0 Å². The molecule has 8 rings (SSSR count). The number of rotatable bonds is 13. The number of urea groups is 1. The van der Waals surface area contributed by atoms with Crippen LogP contribution in [0.4, 0.5) is 21.9 Å². The van der Waals surface area contributed by atoms with Crippen LogP contribution in [-0.4, -0.2) is 66.0 Å². The SMILES string of the molecule is COc1cc(Cc2cc(Oc3ccc(NC(=O)Nc4cc(C(C)(C)C)cc(NS(C)=O)c4OC)c4ccccc34)ccn2)ccc1C(=O)CC12CCN(CC1)CC2. The van der Waals surface area contributed by atoms with Gasteiger partial charge in [0.15, 0.2) is 11.5 Å². The van der Waals surface area contributed by atoms with Gasteiger partial charge in [-0.2, -0.15) is 0 Å². The quantitative estimate of drug-likeness (QED) is 0.101. The van der Waals surface area contributed by atoms with Gasteiger partial charge in [0.1, 0.15) is 28.2 Å². The van der Waals surface area contributed by atoms with Gasteiger partial charge in [-0.1, -0.05) is 51.1 Å². The summed E-state index contributed by atoms with van der Waals surface area (Å²) >= 11 is 0. The molecule has 298 valence electrons. The lowest BCUT2D eigenvalue weighted by atomic mass is 9.68. The Morgan fingerprint density at radius 3 is 2.21 bits per heavy atom. The Bertz CT molecular complexity index is 2320. The van der Waals surface area contributed by atoms with Crippen LogP contribution in [0.1, 0.15) is 73.6 Å². The van der Waals surface area contributed by atoms with E-state index in [0.717, 1.165) is 66.5 Å². The fraction of sp³-hybridized carbons (Fsp3) is 0.356. The second-order valence-corrected chi connectivity index (χ2v) is 17.2. The number of ketones is 1. The first-order chi connectivity index (χ1) is 27.3. The molecule has 1 unspecified atom stereocenters. The maximum atomic E-state index is 13.5. The Balaban J connectivity index is 1.06. The maximum absolute atomic E-state index is 13.5. The van der Waals surface area contributed by atoms with Gasteiger partial charge in [0.2, 0.25) is 0 Å². The van der Waals surface area contributed by atoms with Gasteiger partial charge in [-0.25, -0.2) is 9.00 Å². The van der Waals surface area contributed by atoms with E-state index in [4.69, 9.17) is 14.2 Å². The third-order valence-corrected chi connectivity index (χ3v) is 11.7. The van der Waals surface area contributed by atoms with Crippen LogP contribution in [0.5, 0.6) is 23.0 Å². The molecule has 12 heteroatoms. The Kier molecular flexibility index (Phi) is 11.6. The Morgan fingerprint density at radius 1 is 0.825 bits per heavy atom. The summed E-state index contributed by atoms with van der Waals surface area (Å²) in [6.45, 7) is 9.46. The summed E-state index contributed by atoms with van der Waals surface area (Å²) in [6, 6.07) is 24.2. The molecular weight excluding hydrogens is 739 g/mol. The average molecular weight is 790 g/mol. The number of nitrogens with zero attached hydrogens (tertiary/aromatic N) is 2. The minimum absolute atomic E-state index is 0.117. The van der Waals surface area contributed by atoms with Gasteiger partial charge in [-0.3, -0.25) is 9.78 Å². The number of carbonyl (C=O) groups excluding carboxylic acids is 2. The van der Waals surface area contributed by atoms with Crippen LogP contribution in [0, 0.1) is 5.41 Å². The molecule has 4 aromatic carbocycles. The molecule has 0 saturated carbocycles. The van der Waals surface area contributed by atoms with E-state index >= 15 is 0 Å². The molecule has 0 radical (unpaired) electrons. The van der Waals surface area contributed by atoms with Crippen molar-refractivity contribution in [3.05, 3.63) is 107 Å². The van der Waals surface area contributed by atoms with Crippen molar-refractivity contribution in [3.63, 3.8) is 0 Å². The summed E-state index contributed by atoms with van der Waals surface area (Å²) in [6.07, 6.45) is 7.62. The standard InChI is InChI=1S/C45H51N5O6S/c1-44(2,3)30-25-37(42(55-5)38(26-30)49-57(6)53)48-43(52)47-36-13-14-40(34-10-8-7-9-33(34)36)56-32-15-19-46-31(27-32)23-29-11-12-35(41(24-29)54-4)39(51)28-45-16-20-50(21-17-45)22-18-45/h7-15,19,24-27,49H,16-18,20-23,28H2,1-6H3,(H2,47,48,52). The smallest absolute Gasteiger partial charge is 0.323 e. The number of pyridine rings is 1. The van der Waals surface area contributed by atoms with E-state index in [-0.39, 0.29) is 16.6 Å². The van der Waals surface area contributed by atoms with Gasteiger partial charge in [0.05, 0.1) is 36.8 Å². The Labute approximate surface area is 337 Å². The van der Waals surface area contributed by atoms with Crippen molar-refractivity contribution in [1.29, 1.82) is 0 Å². The zero-order chi connectivity index (χ0) is 40.3. The second kappa shape index (κ2) is 16.6. The van der Waals surface area contributed by atoms with E-state index < -0.39 is 17.0 Å². The molecule has 3 fully saturated rings. The normalized spacial score (nSPS) is 18.1. The first-order valence-corrected chi connectivity index (χ1v) is 20.9. The monoisotopic (exact) mass is 789 g/mol. The number of ether oxygens (including phenoxy) is 3. The van der Waals surface area contributed by atoms with Crippen molar-refractivity contribution < 1.29 is 28.0 Å². The summed E-state index contributed by atoms with van der Waals surface area (Å²) in [5, 5.41) is 7.53. The minimum atomic E-state index is -1.35. The van der Waals surface area contributed by atoms with Crippen LogP contribution >= 0.6 is 0 Å². The lowest BCUT2D eigenvalue weighted by Gasteiger charge is -2.48. The lowest BCUT2D eigenvalue weighted by Crippen LogP contribution is -2.48. The molecule has 0 aliphatic carbocycles. The number of benzene rings is 4. The molecule has 3 saturated heterocycles. The molecule has 11 nitrogen and oxygen atoms in total. The van der Waals surface area contributed by atoms with Gasteiger partial charge >= 0.3 is 6.03 Å². The van der Waals surface area contributed by atoms with E-state index in [2.05, 4.69) is 46.0 Å². The molecule has 1 aromatic heterocycles. The lowest BCUT2D eigenvalue weighted by molar-refractivity contribution is 0.0206. The molecule has 4 heterocycles. The molecule has 2 amide bonds. The number of methoxy groups -OCH3 is 2. The van der Waals surface area contributed by atoms with Crippen LogP contribution in [0.2, 0.25) is 0 Å². The van der Waals surface area contributed by atoms with Crippen LogP contribution in [0.25, 0.3) is 10.8 Å². The Hall–Kier alpha value is -5.46. The number of Topliss-reactive ketones (excluding diaryl/α,β-unsaturated/α-hetero) is 1. The van der Waals surface area contributed by atoms with Gasteiger partial charge < -0.3 is 34.5 Å². The van der Waals surface area contributed by atoms with Gasteiger partial charge in [-0.05, 0) is 103 Å². The summed E-state index contributed by atoms with van der Waals surface area (Å²) in [7, 11) is 1.77. The van der Waals surface area contributed by atoms with Crippen LogP contribution in [-0.2, 0) is 22.8 Å². The van der Waals surface area contributed by atoms with Crippen molar-refractivity contribution in [2.75, 3.05) is 55.5 Å². The van der Waals surface area contributed by atoms with Crippen LogP contribution in [0.15, 0.2) is 85.1 Å². The fourth-order valence-electron chi connectivity index (χ4n) is 7.98. The van der Waals surface area contributed by atoms with E-state index in [1.807, 2.05) is 72.8 Å². The Morgan fingerprint density at radius 2 is 1.53 bits per heavy atom. The molecular formula is C45H51N5O6S. The third-order valence-electron chi connectivity index (χ3n) is 11.2. The number of fused-ring (bicyclic) bond motifs is 4. The molecule has 3 aliphatic rings. The number of anilines is 3. The van der Waals surface area contributed by atoms with Crippen molar-refractivity contribution >= 4 is 50.6 Å². The number of amides is 2. The summed E-state index contributed by atoms with van der Waals surface area (Å²) in [5.41, 5.74) is 4.76. The summed E-state index contributed by atoms with van der Waals surface area (Å²) in [4.78, 5) is 34.2. The minimum Gasteiger partial charge on any atom is -0.496 e. The number of hydrogen-bond donors (Lipinski definition) is 3. The van der Waals surface area contributed by atoms with Gasteiger partial charge in [0, 0.05) is 47.8 Å². The predicted molar refractivity (Wildman–Crippen MR) is 228 cm³/mol. The number of carbonyl (C=O) groups is 2. The summed E-state index contributed by atoms with van der Waals surface area (Å²) < 4.78 is 32.9. The number of piperidine rings is 3. The van der Waals surface area contributed by atoms with Crippen LogP contribution < -0.4 is 29.6 Å². The van der Waals surface area contributed by atoms with Crippen molar-refractivity contribution in [2.45, 2.75) is 58.3 Å². The first-order valence-electron chi connectivity index (χ1n) is 19.3. The third kappa shape index (κ3) is 9.08. The highest BCUT2D eigenvalue weighted by Gasteiger charge is 2.41. The highest BCUT2D eigenvalue weighted by Crippen LogP contribution is 2.44. The zero-order valence-corrected chi connectivity index (χ0v) is 34.3. The van der Waals surface area contributed by atoms with Crippen molar-refractivity contribution in [3.8, 4) is 23.0 Å². The second-order valence-electron chi connectivity index (χ2n) is 16.1. The van der Waals surface area contributed by atoms with E-state index in [1.54, 1.807) is 19.4 Å². The van der Waals surface area contributed by atoms with Crippen molar-refractivity contribution in [1.82, 2.24) is 9.88 Å². The van der Waals surface area contributed by atoms with E-state index in [1.165, 1.54) is 13.4 Å². The highest BCUT2D eigenvalue weighted by atomic mass is 32.2. The highest BCUT2D eigenvalue weighted by molar-refractivity contribution is 7.85. The molecule has 0 spiro atoms. The number of hydrogen-bond acceptors (Lipinski definition) is 8.